The molecule has 148 valence electrons. The van der Waals surface area contributed by atoms with Crippen molar-refractivity contribution in [1.82, 2.24) is 9.71 Å². The maximum atomic E-state index is 5.89. The molecule has 0 fully saturated rings. The van der Waals surface area contributed by atoms with E-state index in [0.717, 1.165) is 39.3 Å². The zero-order valence-corrected chi connectivity index (χ0v) is 18.2. The highest BCUT2D eigenvalue weighted by atomic mass is 32.1. The van der Waals surface area contributed by atoms with Crippen LogP contribution in [0, 0.1) is 26.2 Å². The van der Waals surface area contributed by atoms with Crippen molar-refractivity contribution in [2.45, 2.75) is 27.2 Å². The second kappa shape index (κ2) is 11.2. The van der Waals surface area contributed by atoms with Crippen LogP contribution in [0.25, 0.3) is 5.57 Å². The van der Waals surface area contributed by atoms with Gasteiger partial charge in [0.25, 0.3) is 0 Å². The van der Waals surface area contributed by atoms with E-state index in [2.05, 4.69) is 61.1 Å². The van der Waals surface area contributed by atoms with E-state index >= 15 is 0 Å². The first-order valence-electron chi connectivity index (χ1n) is 8.95. The van der Waals surface area contributed by atoms with Gasteiger partial charge >= 0.3 is 0 Å². The fourth-order valence-corrected chi connectivity index (χ4v) is 3.03. The highest BCUT2D eigenvalue weighted by Gasteiger charge is 2.13. The van der Waals surface area contributed by atoms with Crippen LogP contribution in [0.2, 0.25) is 0 Å². The summed E-state index contributed by atoms with van der Waals surface area (Å²) >= 11 is 3.54. The number of hydrogen-bond donors (Lipinski definition) is 4. The Labute approximate surface area is 174 Å². The topological polar surface area (TPSA) is 63.0 Å². The summed E-state index contributed by atoms with van der Waals surface area (Å²) in [7, 11) is 3.61. The van der Waals surface area contributed by atoms with Gasteiger partial charge in [0.1, 0.15) is 5.82 Å². The number of aromatic nitrogens is 1. The van der Waals surface area contributed by atoms with E-state index in [4.69, 9.17) is 12.2 Å². The highest BCUT2D eigenvalue weighted by Crippen LogP contribution is 2.30. The third kappa shape index (κ3) is 5.91. The summed E-state index contributed by atoms with van der Waals surface area (Å²) in [5.41, 5.74) is 14.1. The Kier molecular flexibility index (Phi) is 9.37. The maximum absolute atomic E-state index is 5.89. The maximum Gasteiger partial charge on any atom is 0.128 e. The van der Waals surface area contributed by atoms with Crippen molar-refractivity contribution in [2.24, 2.45) is 0 Å². The van der Waals surface area contributed by atoms with Crippen molar-refractivity contribution in [3.63, 3.8) is 0 Å². The fourth-order valence-electron chi connectivity index (χ4n) is 3.03. The molecule has 28 heavy (non-hydrogen) atoms. The number of pyridine rings is 1. The molecule has 0 unspecified atom stereocenters. The Balaban J connectivity index is 0.00000122. The molecule has 2 rings (SSSR count). The number of anilines is 2. The number of allylic oxidation sites excluding steroid dienone is 3. The Bertz CT molecular complexity index is 907. The van der Waals surface area contributed by atoms with E-state index in [-0.39, 0.29) is 0 Å². The number of nitrogens with one attached hydrogen (secondary N) is 2. The summed E-state index contributed by atoms with van der Waals surface area (Å²) in [6.07, 6.45) is 8.19. The van der Waals surface area contributed by atoms with Crippen LogP contribution in [0.15, 0.2) is 48.2 Å². The van der Waals surface area contributed by atoms with Crippen LogP contribution in [0.5, 0.6) is 0 Å². The molecule has 1 aromatic heterocycles. The van der Waals surface area contributed by atoms with E-state index < -0.39 is 0 Å². The number of benzene rings is 1. The average molecular weight is 395 g/mol. The summed E-state index contributed by atoms with van der Waals surface area (Å²) in [5, 5.41) is 3.12. The van der Waals surface area contributed by atoms with E-state index in [9.17, 15) is 0 Å². The van der Waals surface area contributed by atoms with Gasteiger partial charge < -0.3 is 11.1 Å². The first-order valence-corrected chi connectivity index (χ1v) is 9.40. The first kappa shape index (κ1) is 23.4. The lowest BCUT2D eigenvalue weighted by Crippen LogP contribution is -2.03. The summed E-state index contributed by atoms with van der Waals surface area (Å²) in [6.45, 7) is 10.3. The zero-order valence-electron chi connectivity index (χ0n) is 17.4. The molecular formula is C23H30N4S. The first-order chi connectivity index (χ1) is 13.3. The van der Waals surface area contributed by atoms with Crippen molar-refractivity contribution in [1.29, 1.82) is 0 Å². The number of aryl methyl sites for hydroxylation is 1. The molecule has 5 heteroatoms. The molecule has 0 radical (unpaired) electrons. The van der Waals surface area contributed by atoms with Crippen LogP contribution < -0.4 is 15.8 Å². The molecule has 0 saturated carbocycles. The third-order valence-electron chi connectivity index (χ3n) is 4.57. The number of nitrogens with zero attached hydrogens (tertiary/aromatic N) is 1. The summed E-state index contributed by atoms with van der Waals surface area (Å²) < 4.78 is 2.44. The van der Waals surface area contributed by atoms with Gasteiger partial charge in [-0.3, -0.25) is 4.72 Å². The van der Waals surface area contributed by atoms with Crippen LogP contribution >= 0.6 is 12.8 Å². The van der Waals surface area contributed by atoms with Crippen molar-refractivity contribution >= 4 is 29.9 Å². The van der Waals surface area contributed by atoms with Gasteiger partial charge in [-0.25, -0.2) is 4.98 Å². The van der Waals surface area contributed by atoms with E-state index in [1.54, 1.807) is 7.05 Å². The molecule has 0 aliphatic heterocycles. The number of nitrogen functional groups attached to an aromatic ring is 1. The van der Waals surface area contributed by atoms with Crippen LogP contribution in [-0.2, 0) is 6.42 Å². The van der Waals surface area contributed by atoms with E-state index in [0.29, 0.717) is 12.0 Å². The third-order valence-corrected chi connectivity index (χ3v) is 4.57. The van der Waals surface area contributed by atoms with Crippen LogP contribution in [0.3, 0.4) is 0 Å². The minimum absolute atomic E-state index is 0.705. The van der Waals surface area contributed by atoms with Gasteiger partial charge in [0.05, 0.1) is 0 Å². The number of rotatable bonds is 5. The number of thiol groups is 1. The molecule has 4 N–H and O–H groups in total. The van der Waals surface area contributed by atoms with Crippen LogP contribution in [-0.4, -0.2) is 19.1 Å². The van der Waals surface area contributed by atoms with Gasteiger partial charge in [-0.2, -0.15) is 0 Å². The lowest BCUT2D eigenvalue weighted by atomic mass is 9.89. The number of nitrogens with two attached hydrogens (primary N) is 1. The van der Waals surface area contributed by atoms with Gasteiger partial charge in [0, 0.05) is 24.5 Å². The molecular weight excluding hydrogens is 364 g/mol. The molecule has 0 atom stereocenters. The zero-order chi connectivity index (χ0) is 21.3. The number of hydrogen-bond acceptors (Lipinski definition) is 5. The molecule has 0 aliphatic rings. The standard InChI is InChI=1S/C22H25N3.CH5NS/c1-7-14(2)21(13-18-10-11-25-22(24-6)16(18)4)17(5)20-9-8-19(23)12-15(20)3;1-2-3/h1,8-12H,2,13,23H2,3-6H3,(H,24,25);2-3H,1H3/b21-17-;. The largest absolute Gasteiger partial charge is 0.399 e. The summed E-state index contributed by atoms with van der Waals surface area (Å²) in [4.78, 5) is 4.35. The molecule has 0 amide bonds. The van der Waals surface area contributed by atoms with E-state index in [1.165, 1.54) is 5.56 Å². The predicted octanol–water partition coefficient (Wildman–Crippen LogP) is 4.58. The molecule has 2 aromatic rings. The quantitative estimate of drug-likeness (QED) is 0.259. The second-order valence-corrected chi connectivity index (χ2v) is 6.84. The van der Waals surface area contributed by atoms with Gasteiger partial charge in [-0.05, 0) is 85.8 Å². The molecule has 0 spiro atoms. The molecule has 0 saturated heterocycles. The summed E-state index contributed by atoms with van der Waals surface area (Å²) in [5.74, 6) is 3.59. The van der Waals surface area contributed by atoms with Crippen LogP contribution in [0.4, 0.5) is 11.5 Å². The minimum Gasteiger partial charge on any atom is -0.399 e. The molecule has 4 nitrogen and oxygen atoms in total. The Morgan fingerprint density at radius 2 is 1.93 bits per heavy atom. The molecule has 0 bridgehead atoms. The minimum atomic E-state index is 0.705. The van der Waals surface area contributed by atoms with Crippen molar-refractivity contribution in [3.8, 4) is 12.3 Å². The Morgan fingerprint density at radius 3 is 2.46 bits per heavy atom. The SMILES string of the molecule is C#CC(=C)/C(Cc1ccnc(NC)c1C)=C(/C)c1ccc(N)cc1C.CNS. The monoisotopic (exact) mass is 394 g/mol. The fraction of sp³-hybridized carbons (Fsp3) is 0.261. The van der Waals surface area contributed by atoms with Crippen LogP contribution in [0.1, 0.15) is 29.2 Å². The van der Waals surface area contributed by atoms with Gasteiger partial charge in [-0.15, -0.1) is 6.42 Å². The Morgan fingerprint density at radius 1 is 1.29 bits per heavy atom. The van der Waals surface area contributed by atoms with E-state index in [1.807, 2.05) is 37.5 Å². The van der Waals surface area contributed by atoms with Crippen molar-refractivity contribution in [2.75, 3.05) is 25.1 Å². The lowest BCUT2D eigenvalue weighted by Gasteiger charge is -2.17. The van der Waals surface area contributed by atoms with Gasteiger partial charge in [-0.1, -0.05) is 31.4 Å². The van der Waals surface area contributed by atoms with Gasteiger partial charge in [0.2, 0.25) is 0 Å². The second-order valence-electron chi connectivity index (χ2n) is 6.39. The number of terminal acetylenes is 1. The normalized spacial score (nSPS) is 10.9. The lowest BCUT2D eigenvalue weighted by molar-refractivity contribution is 1.11. The smallest absolute Gasteiger partial charge is 0.128 e. The average Bonchev–Trinajstić information content (AvgIpc) is 2.66. The molecule has 1 aromatic carbocycles. The van der Waals surface area contributed by atoms with Gasteiger partial charge in [0.15, 0.2) is 0 Å². The highest BCUT2D eigenvalue weighted by molar-refractivity contribution is 7.78. The summed E-state index contributed by atoms with van der Waals surface area (Å²) in [6, 6.07) is 7.97. The van der Waals surface area contributed by atoms with Crippen molar-refractivity contribution in [3.05, 3.63) is 70.4 Å². The predicted molar refractivity (Wildman–Crippen MR) is 126 cm³/mol. The molecule has 1 heterocycles. The Hall–Kier alpha value is -2.68. The van der Waals surface area contributed by atoms with Crippen molar-refractivity contribution < 1.29 is 0 Å². The molecule has 0 aliphatic carbocycles.